The van der Waals surface area contributed by atoms with Crippen LogP contribution in [0.15, 0.2) is 0 Å². The van der Waals surface area contributed by atoms with E-state index in [4.69, 9.17) is 9.84 Å². The van der Waals surface area contributed by atoms with Gasteiger partial charge in [-0.05, 0) is 26.2 Å². The van der Waals surface area contributed by atoms with Crippen molar-refractivity contribution in [3.63, 3.8) is 0 Å². The van der Waals surface area contributed by atoms with Gasteiger partial charge in [-0.3, -0.25) is 0 Å². The van der Waals surface area contributed by atoms with Crippen molar-refractivity contribution in [3.05, 3.63) is 0 Å². The number of rotatable bonds is 5. The van der Waals surface area contributed by atoms with Crippen LogP contribution in [-0.2, 0) is 9.53 Å². The normalized spacial score (nSPS) is 22.3. The smallest absolute Gasteiger partial charge is 0.326 e. The van der Waals surface area contributed by atoms with Crippen LogP contribution in [0.1, 0.15) is 33.1 Å². The van der Waals surface area contributed by atoms with Crippen LogP contribution >= 0.6 is 0 Å². The molecule has 6 nitrogen and oxygen atoms in total. The SMILES string of the molecule is CCC(C(=O)O)N(C)C(=O)NC(C)C1CCCO1. The average molecular weight is 258 g/mol. The average Bonchev–Trinajstić information content (AvgIpc) is 2.82. The van der Waals surface area contributed by atoms with Gasteiger partial charge in [0.05, 0.1) is 12.1 Å². The van der Waals surface area contributed by atoms with Gasteiger partial charge in [0.25, 0.3) is 0 Å². The first kappa shape index (κ1) is 14.8. The Morgan fingerprint density at radius 1 is 1.56 bits per heavy atom. The van der Waals surface area contributed by atoms with Crippen LogP contribution in [0.25, 0.3) is 0 Å². The van der Waals surface area contributed by atoms with E-state index in [0.717, 1.165) is 19.4 Å². The molecule has 104 valence electrons. The molecule has 0 aromatic heterocycles. The first-order chi connectivity index (χ1) is 8.47. The molecule has 0 saturated carbocycles. The topological polar surface area (TPSA) is 78.9 Å². The predicted octanol–water partition coefficient (Wildman–Crippen LogP) is 1.06. The van der Waals surface area contributed by atoms with Gasteiger partial charge in [0, 0.05) is 13.7 Å². The summed E-state index contributed by atoms with van der Waals surface area (Å²) in [5.41, 5.74) is 0. The third kappa shape index (κ3) is 3.60. The Labute approximate surface area is 107 Å². The van der Waals surface area contributed by atoms with E-state index < -0.39 is 12.0 Å². The van der Waals surface area contributed by atoms with Crippen molar-refractivity contribution in [1.82, 2.24) is 10.2 Å². The lowest BCUT2D eigenvalue weighted by Gasteiger charge is -2.27. The minimum Gasteiger partial charge on any atom is -0.480 e. The van der Waals surface area contributed by atoms with E-state index in [2.05, 4.69) is 5.32 Å². The highest BCUT2D eigenvalue weighted by molar-refractivity contribution is 5.82. The second-order valence-corrected chi connectivity index (χ2v) is 4.66. The van der Waals surface area contributed by atoms with Crippen molar-refractivity contribution in [2.45, 2.75) is 51.3 Å². The van der Waals surface area contributed by atoms with E-state index in [9.17, 15) is 9.59 Å². The number of carbonyl (C=O) groups excluding carboxylic acids is 1. The van der Waals surface area contributed by atoms with Gasteiger partial charge in [0.1, 0.15) is 6.04 Å². The summed E-state index contributed by atoms with van der Waals surface area (Å²) in [7, 11) is 1.50. The zero-order chi connectivity index (χ0) is 13.7. The monoisotopic (exact) mass is 258 g/mol. The maximum Gasteiger partial charge on any atom is 0.326 e. The Morgan fingerprint density at radius 3 is 2.67 bits per heavy atom. The highest BCUT2D eigenvalue weighted by atomic mass is 16.5. The first-order valence-electron chi connectivity index (χ1n) is 6.35. The third-order valence-corrected chi connectivity index (χ3v) is 3.33. The fourth-order valence-corrected chi connectivity index (χ4v) is 2.14. The maximum absolute atomic E-state index is 11.9. The molecule has 1 heterocycles. The van der Waals surface area contributed by atoms with Gasteiger partial charge in [0.15, 0.2) is 0 Å². The lowest BCUT2D eigenvalue weighted by Crippen LogP contribution is -2.51. The molecule has 1 saturated heterocycles. The molecular weight excluding hydrogens is 236 g/mol. The van der Waals surface area contributed by atoms with Crippen LogP contribution in [-0.4, -0.2) is 53.8 Å². The quantitative estimate of drug-likeness (QED) is 0.772. The molecule has 0 spiro atoms. The van der Waals surface area contributed by atoms with Gasteiger partial charge < -0.3 is 20.1 Å². The Morgan fingerprint density at radius 2 is 2.22 bits per heavy atom. The standard InChI is InChI=1S/C12H22N2O4/c1-4-9(11(15)16)14(3)12(17)13-8(2)10-6-5-7-18-10/h8-10H,4-7H2,1-3H3,(H,13,17)(H,15,16). The summed E-state index contributed by atoms with van der Waals surface area (Å²) < 4.78 is 5.48. The number of hydrogen-bond donors (Lipinski definition) is 2. The van der Waals surface area contributed by atoms with Gasteiger partial charge in [-0.15, -0.1) is 0 Å². The van der Waals surface area contributed by atoms with Crippen molar-refractivity contribution >= 4 is 12.0 Å². The fourth-order valence-electron chi connectivity index (χ4n) is 2.14. The molecule has 2 N–H and O–H groups in total. The van der Waals surface area contributed by atoms with E-state index in [1.54, 1.807) is 6.92 Å². The second-order valence-electron chi connectivity index (χ2n) is 4.66. The van der Waals surface area contributed by atoms with E-state index in [1.807, 2.05) is 6.92 Å². The molecular formula is C12H22N2O4. The van der Waals surface area contributed by atoms with Crippen LogP contribution in [0.3, 0.4) is 0 Å². The molecule has 18 heavy (non-hydrogen) atoms. The number of aliphatic carboxylic acids is 1. The highest BCUT2D eigenvalue weighted by Gasteiger charge is 2.28. The lowest BCUT2D eigenvalue weighted by atomic mass is 10.1. The molecule has 1 aliphatic heterocycles. The van der Waals surface area contributed by atoms with Crippen molar-refractivity contribution in [2.75, 3.05) is 13.7 Å². The summed E-state index contributed by atoms with van der Waals surface area (Å²) >= 11 is 0. The van der Waals surface area contributed by atoms with Gasteiger partial charge in [-0.25, -0.2) is 9.59 Å². The molecule has 2 amide bonds. The Kier molecular flexibility index (Phi) is 5.40. The zero-order valence-electron chi connectivity index (χ0n) is 11.2. The van der Waals surface area contributed by atoms with Crippen molar-refractivity contribution in [2.24, 2.45) is 0 Å². The molecule has 1 fully saturated rings. The van der Waals surface area contributed by atoms with Crippen molar-refractivity contribution in [3.8, 4) is 0 Å². The number of carboxylic acid groups (broad SMARTS) is 1. The van der Waals surface area contributed by atoms with Crippen molar-refractivity contribution in [1.29, 1.82) is 0 Å². The third-order valence-electron chi connectivity index (χ3n) is 3.33. The van der Waals surface area contributed by atoms with Gasteiger partial charge >= 0.3 is 12.0 Å². The van der Waals surface area contributed by atoms with Gasteiger partial charge in [-0.1, -0.05) is 6.92 Å². The molecule has 0 radical (unpaired) electrons. The molecule has 1 rings (SSSR count). The number of carboxylic acids is 1. The van der Waals surface area contributed by atoms with Crippen LogP contribution in [0.4, 0.5) is 4.79 Å². The molecule has 1 aliphatic rings. The van der Waals surface area contributed by atoms with Crippen LogP contribution in [0, 0.1) is 0 Å². The van der Waals surface area contributed by atoms with Crippen molar-refractivity contribution < 1.29 is 19.4 Å². The maximum atomic E-state index is 11.9. The van der Waals surface area contributed by atoms with Crippen LogP contribution < -0.4 is 5.32 Å². The van der Waals surface area contributed by atoms with Gasteiger partial charge in [-0.2, -0.15) is 0 Å². The number of likely N-dealkylation sites (N-methyl/N-ethyl adjacent to an activating group) is 1. The highest BCUT2D eigenvalue weighted by Crippen LogP contribution is 2.15. The Hall–Kier alpha value is -1.30. The van der Waals surface area contributed by atoms with E-state index in [0.29, 0.717) is 6.42 Å². The van der Waals surface area contributed by atoms with Crippen LogP contribution in [0.5, 0.6) is 0 Å². The number of nitrogens with zero attached hydrogens (tertiary/aromatic N) is 1. The molecule has 6 heteroatoms. The molecule has 3 atom stereocenters. The number of urea groups is 1. The van der Waals surface area contributed by atoms with E-state index in [-0.39, 0.29) is 18.2 Å². The summed E-state index contributed by atoms with van der Waals surface area (Å²) in [4.78, 5) is 24.1. The second kappa shape index (κ2) is 6.58. The zero-order valence-corrected chi connectivity index (χ0v) is 11.2. The summed E-state index contributed by atoms with van der Waals surface area (Å²) in [5, 5.41) is 11.8. The fraction of sp³-hybridized carbons (Fsp3) is 0.833. The number of carbonyl (C=O) groups is 2. The molecule has 0 aromatic rings. The predicted molar refractivity (Wildman–Crippen MR) is 66.4 cm³/mol. The van der Waals surface area contributed by atoms with E-state index in [1.165, 1.54) is 11.9 Å². The lowest BCUT2D eigenvalue weighted by molar-refractivity contribution is -0.141. The molecule has 0 aromatic carbocycles. The summed E-state index contributed by atoms with van der Waals surface area (Å²) in [6, 6.07) is -1.26. The van der Waals surface area contributed by atoms with E-state index >= 15 is 0 Å². The van der Waals surface area contributed by atoms with Gasteiger partial charge in [0.2, 0.25) is 0 Å². The number of ether oxygens (including phenoxy) is 1. The first-order valence-corrected chi connectivity index (χ1v) is 6.35. The minimum atomic E-state index is -0.986. The largest absolute Gasteiger partial charge is 0.480 e. The summed E-state index contributed by atoms with van der Waals surface area (Å²) in [5.74, 6) is -0.986. The summed E-state index contributed by atoms with van der Waals surface area (Å²) in [6.07, 6.45) is 2.36. The number of nitrogens with one attached hydrogen (secondary N) is 1. The minimum absolute atomic E-state index is 0.0345. The molecule has 3 unspecified atom stereocenters. The Balaban J connectivity index is 2.50. The number of amides is 2. The number of hydrogen-bond acceptors (Lipinski definition) is 3. The van der Waals surface area contributed by atoms with Crippen LogP contribution in [0.2, 0.25) is 0 Å². The Bertz CT molecular complexity index is 302. The summed E-state index contributed by atoms with van der Waals surface area (Å²) in [6.45, 7) is 4.35. The molecule has 0 bridgehead atoms. The molecule has 0 aliphatic carbocycles.